The fourth-order valence-corrected chi connectivity index (χ4v) is 3.79. The average Bonchev–Trinajstić information content (AvgIpc) is 2.79. The molecule has 1 heterocycles. The van der Waals surface area contributed by atoms with Crippen LogP contribution in [0.25, 0.3) is 10.9 Å². The van der Waals surface area contributed by atoms with Crippen molar-refractivity contribution < 1.29 is 14.6 Å². The molecule has 170 valence electrons. The summed E-state index contributed by atoms with van der Waals surface area (Å²) < 4.78 is 10.6. The third-order valence-corrected chi connectivity index (χ3v) is 5.64. The molecule has 0 aliphatic heterocycles. The number of benzene rings is 2. The molecule has 7 nitrogen and oxygen atoms in total. The number of nitrogens with one attached hydrogen (secondary N) is 2. The van der Waals surface area contributed by atoms with E-state index >= 15 is 0 Å². The molecule has 0 bridgehead atoms. The molecule has 3 N–H and O–H groups in total. The Morgan fingerprint density at radius 3 is 2.62 bits per heavy atom. The number of rotatable bonds is 9. The summed E-state index contributed by atoms with van der Waals surface area (Å²) in [6.07, 6.45) is 0.725. The second kappa shape index (κ2) is 11.0. The smallest absolute Gasteiger partial charge is 0.253 e. The van der Waals surface area contributed by atoms with Gasteiger partial charge in [0.05, 0.1) is 27.4 Å². The van der Waals surface area contributed by atoms with E-state index in [1.807, 2.05) is 49.4 Å². The number of aromatic nitrogens is 1. The number of aliphatic hydroxyl groups excluding tert-OH is 1. The monoisotopic (exact) mass is 455 g/mol. The van der Waals surface area contributed by atoms with Crippen LogP contribution in [-0.4, -0.2) is 54.0 Å². The van der Waals surface area contributed by atoms with Crippen molar-refractivity contribution in [3.63, 3.8) is 0 Å². The molecule has 0 spiro atoms. The van der Waals surface area contributed by atoms with E-state index in [2.05, 4.69) is 10.3 Å². The highest BCUT2D eigenvalue weighted by Crippen LogP contribution is 2.27. The van der Waals surface area contributed by atoms with E-state index in [-0.39, 0.29) is 12.2 Å². The van der Waals surface area contributed by atoms with E-state index in [1.54, 1.807) is 19.1 Å². The molecule has 0 saturated heterocycles. The van der Waals surface area contributed by atoms with Gasteiger partial charge in [-0.1, -0.05) is 17.7 Å². The normalized spacial score (nSPS) is 10.8. The first-order valence-electron chi connectivity index (χ1n) is 10.4. The fraction of sp³-hybridized carbons (Fsp3) is 0.333. The van der Waals surface area contributed by atoms with E-state index in [9.17, 15) is 9.90 Å². The van der Waals surface area contributed by atoms with Gasteiger partial charge in [-0.25, -0.2) is 0 Å². The van der Waals surface area contributed by atoms with Crippen LogP contribution in [0.1, 0.15) is 16.7 Å². The lowest BCUT2D eigenvalue weighted by Crippen LogP contribution is -2.42. The van der Waals surface area contributed by atoms with Gasteiger partial charge in [0, 0.05) is 24.2 Å². The zero-order chi connectivity index (χ0) is 23.1. The summed E-state index contributed by atoms with van der Waals surface area (Å²) in [7, 11) is 3.21. The summed E-state index contributed by atoms with van der Waals surface area (Å²) in [5.74, 6) is 1.37. The SMILES string of the molecule is COc1ccc(CCNC(=S)N(CCO)Cc2cc3cc(C)ccc3[nH]c2=O)cc1OC. The molecule has 0 unspecified atom stereocenters. The standard InChI is InChI=1S/C24H29N3O4S/c1-16-4-6-20-18(12-16)14-19(23(29)26-20)15-27(10-11-28)24(32)25-9-8-17-5-7-21(30-2)22(13-17)31-3/h4-7,12-14,28H,8-11,15H2,1-3H3,(H,25,32)(H,26,29). The number of thiocarbonyl (C=S) groups is 1. The highest BCUT2D eigenvalue weighted by atomic mass is 32.1. The Hall–Kier alpha value is -3.10. The Kier molecular flexibility index (Phi) is 8.08. The topological polar surface area (TPSA) is 86.8 Å². The molecule has 3 rings (SSSR count). The van der Waals surface area contributed by atoms with Gasteiger partial charge in [0.25, 0.3) is 5.56 Å². The van der Waals surface area contributed by atoms with Gasteiger partial charge in [-0.05, 0) is 66.8 Å². The number of pyridine rings is 1. The lowest BCUT2D eigenvalue weighted by molar-refractivity contribution is 0.245. The minimum atomic E-state index is -0.155. The van der Waals surface area contributed by atoms with Gasteiger partial charge in [0.15, 0.2) is 16.6 Å². The summed E-state index contributed by atoms with van der Waals surface area (Å²) in [5, 5.41) is 14.2. The molecular formula is C24H29N3O4S. The van der Waals surface area contributed by atoms with Gasteiger partial charge in [0.1, 0.15) is 0 Å². The van der Waals surface area contributed by atoms with Crippen LogP contribution in [-0.2, 0) is 13.0 Å². The second-order valence-electron chi connectivity index (χ2n) is 7.53. The minimum Gasteiger partial charge on any atom is -0.493 e. The van der Waals surface area contributed by atoms with Gasteiger partial charge in [-0.2, -0.15) is 0 Å². The van der Waals surface area contributed by atoms with Crippen molar-refractivity contribution in [2.45, 2.75) is 19.9 Å². The lowest BCUT2D eigenvalue weighted by atomic mass is 10.1. The maximum Gasteiger partial charge on any atom is 0.253 e. The van der Waals surface area contributed by atoms with Crippen LogP contribution in [0.2, 0.25) is 0 Å². The molecule has 0 amide bonds. The number of aromatic amines is 1. The van der Waals surface area contributed by atoms with Gasteiger partial charge in [-0.3, -0.25) is 4.79 Å². The molecule has 0 atom stereocenters. The van der Waals surface area contributed by atoms with Crippen LogP contribution in [0, 0.1) is 6.92 Å². The summed E-state index contributed by atoms with van der Waals surface area (Å²) in [5.41, 5.74) is 3.44. The number of aliphatic hydroxyl groups is 1. The average molecular weight is 456 g/mol. The molecule has 0 radical (unpaired) electrons. The largest absolute Gasteiger partial charge is 0.493 e. The number of fused-ring (bicyclic) bond motifs is 1. The zero-order valence-electron chi connectivity index (χ0n) is 18.6. The predicted molar refractivity (Wildman–Crippen MR) is 131 cm³/mol. The number of hydrogen-bond donors (Lipinski definition) is 3. The first-order chi connectivity index (χ1) is 15.4. The van der Waals surface area contributed by atoms with Crippen LogP contribution in [0.3, 0.4) is 0 Å². The van der Waals surface area contributed by atoms with Crippen molar-refractivity contribution in [2.24, 2.45) is 0 Å². The third-order valence-electron chi connectivity index (χ3n) is 5.23. The van der Waals surface area contributed by atoms with Crippen molar-refractivity contribution >= 4 is 28.2 Å². The van der Waals surface area contributed by atoms with Crippen LogP contribution in [0.5, 0.6) is 11.5 Å². The lowest BCUT2D eigenvalue weighted by Gasteiger charge is -2.25. The number of nitrogens with zero attached hydrogens (tertiary/aromatic N) is 1. The minimum absolute atomic E-state index is 0.0674. The van der Waals surface area contributed by atoms with Crippen molar-refractivity contribution in [3.8, 4) is 11.5 Å². The van der Waals surface area contributed by atoms with Gasteiger partial charge in [0.2, 0.25) is 0 Å². The Morgan fingerprint density at radius 1 is 1.12 bits per heavy atom. The molecule has 2 aromatic carbocycles. The maximum atomic E-state index is 12.6. The summed E-state index contributed by atoms with van der Waals surface area (Å²) in [6.45, 7) is 3.18. The van der Waals surface area contributed by atoms with Crippen LogP contribution < -0.4 is 20.3 Å². The van der Waals surface area contributed by atoms with Gasteiger partial charge in [-0.15, -0.1) is 0 Å². The van der Waals surface area contributed by atoms with E-state index in [0.29, 0.717) is 41.8 Å². The van der Waals surface area contributed by atoms with Crippen molar-refractivity contribution in [1.82, 2.24) is 15.2 Å². The summed E-state index contributed by atoms with van der Waals surface area (Å²) in [6, 6.07) is 13.6. The molecule has 0 aliphatic carbocycles. The second-order valence-corrected chi connectivity index (χ2v) is 7.92. The molecular weight excluding hydrogens is 426 g/mol. The fourth-order valence-electron chi connectivity index (χ4n) is 3.53. The van der Waals surface area contributed by atoms with E-state index in [1.165, 1.54) is 0 Å². The van der Waals surface area contributed by atoms with Crippen LogP contribution in [0.15, 0.2) is 47.3 Å². The van der Waals surface area contributed by atoms with Gasteiger partial charge < -0.3 is 29.8 Å². The van der Waals surface area contributed by atoms with E-state index < -0.39 is 0 Å². The number of ether oxygens (including phenoxy) is 2. The molecule has 8 heteroatoms. The van der Waals surface area contributed by atoms with E-state index in [4.69, 9.17) is 21.7 Å². The quantitative estimate of drug-likeness (QED) is 0.428. The van der Waals surface area contributed by atoms with Crippen LogP contribution in [0.4, 0.5) is 0 Å². The maximum absolute atomic E-state index is 12.6. The Balaban J connectivity index is 1.66. The molecule has 1 aromatic heterocycles. The Labute approximate surface area is 193 Å². The molecule has 0 saturated carbocycles. The first-order valence-corrected chi connectivity index (χ1v) is 10.8. The number of aryl methyl sites for hydroxylation is 1. The predicted octanol–water partition coefficient (Wildman–Crippen LogP) is 2.77. The number of H-pyrrole nitrogens is 1. The molecule has 0 aliphatic rings. The van der Waals surface area contributed by atoms with Crippen molar-refractivity contribution in [2.75, 3.05) is 33.9 Å². The van der Waals surface area contributed by atoms with Crippen molar-refractivity contribution in [3.05, 3.63) is 69.5 Å². The number of methoxy groups -OCH3 is 2. The Morgan fingerprint density at radius 2 is 1.91 bits per heavy atom. The summed E-state index contributed by atoms with van der Waals surface area (Å²) >= 11 is 5.55. The van der Waals surface area contributed by atoms with Crippen molar-refractivity contribution in [1.29, 1.82) is 0 Å². The molecule has 3 aromatic rings. The number of hydrogen-bond acceptors (Lipinski definition) is 5. The molecule has 0 fully saturated rings. The highest BCUT2D eigenvalue weighted by Gasteiger charge is 2.13. The molecule has 32 heavy (non-hydrogen) atoms. The Bertz CT molecular complexity index is 1150. The first kappa shape index (κ1) is 23.6. The summed E-state index contributed by atoms with van der Waals surface area (Å²) in [4.78, 5) is 17.3. The zero-order valence-corrected chi connectivity index (χ0v) is 19.4. The highest BCUT2D eigenvalue weighted by molar-refractivity contribution is 7.80. The van der Waals surface area contributed by atoms with Gasteiger partial charge >= 0.3 is 0 Å². The third kappa shape index (κ3) is 5.77. The van der Waals surface area contributed by atoms with E-state index in [0.717, 1.165) is 28.5 Å². The van der Waals surface area contributed by atoms with Crippen LogP contribution >= 0.6 is 12.2 Å².